The van der Waals surface area contributed by atoms with Gasteiger partial charge in [-0.05, 0) is 51.2 Å². The molecule has 3 rings (SSSR count). The first-order valence-corrected chi connectivity index (χ1v) is 14.7. The molecule has 10 nitrogen and oxygen atoms in total. The van der Waals surface area contributed by atoms with Gasteiger partial charge in [0.1, 0.15) is 0 Å². The summed E-state index contributed by atoms with van der Waals surface area (Å²) in [5.74, 6) is -1.59. The molecular weight excluding hydrogens is 556 g/mol. The second kappa shape index (κ2) is 14.9. The van der Waals surface area contributed by atoms with E-state index in [0.717, 1.165) is 12.0 Å². The summed E-state index contributed by atoms with van der Waals surface area (Å²) in [5.41, 5.74) is 7.75. The summed E-state index contributed by atoms with van der Waals surface area (Å²) in [5, 5.41) is 17.1. The Labute approximate surface area is 253 Å². The average molecular weight is 601 g/mol. The molecule has 0 radical (unpaired) electrons. The van der Waals surface area contributed by atoms with Crippen LogP contribution in [-0.4, -0.2) is 84.3 Å². The van der Waals surface area contributed by atoms with Crippen molar-refractivity contribution in [2.75, 3.05) is 27.3 Å². The molecule has 0 aromatic heterocycles. The lowest BCUT2D eigenvalue weighted by atomic mass is 9.84. The number of rotatable bonds is 4. The molecule has 2 heterocycles. The lowest BCUT2D eigenvalue weighted by molar-refractivity contribution is -0.120. The first kappa shape index (κ1) is 33.4. The molecule has 11 heteroatoms. The van der Waals surface area contributed by atoms with Crippen LogP contribution in [0.5, 0.6) is 0 Å². The molecule has 5 N–H and O–H groups in total. The van der Waals surface area contributed by atoms with Crippen molar-refractivity contribution in [3.05, 3.63) is 58.5 Å². The number of ether oxygens (including phenoxy) is 2. The monoisotopic (exact) mass is 600 g/mol. The summed E-state index contributed by atoms with van der Waals surface area (Å²) < 4.78 is 11.4. The van der Waals surface area contributed by atoms with E-state index in [9.17, 15) is 19.5 Å². The van der Waals surface area contributed by atoms with Crippen molar-refractivity contribution >= 4 is 34.8 Å². The number of nitrogens with one attached hydrogen (secondary N) is 2. The lowest BCUT2D eigenvalue weighted by Crippen LogP contribution is -2.46. The van der Waals surface area contributed by atoms with Crippen molar-refractivity contribution in [1.29, 1.82) is 0 Å². The van der Waals surface area contributed by atoms with E-state index in [-0.39, 0.29) is 34.2 Å². The van der Waals surface area contributed by atoms with Gasteiger partial charge in [-0.25, -0.2) is 0 Å². The molecule has 2 bridgehead atoms. The van der Waals surface area contributed by atoms with Gasteiger partial charge in [0, 0.05) is 50.4 Å². The van der Waals surface area contributed by atoms with Crippen molar-refractivity contribution in [3.63, 3.8) is 0 Å². The van der Waals surface area contributed by atoms with Gasteiger partial charge in [-0.3, -0.25) is 14.4 Å². The molecule has 42 heavy (non-hydrogen) atoms. The van der Waals surface area contributed by atoms with Crippen LogP contribution in [0.4, 0.5) is 0 Å². The molecular formula is C31H44N4O6S. The molecule has 0 saturated carbocycles. The van der Waals surface area contributed by atoms with Crippen LogP contribution >= 0.6 is 12.2 Å². The van der Waals surface area contributed by atoms with E-state index in [1.807, 2.05) is 31.7 Å². The normalized spacial score (nSPS) is 33.5. The number of amides is 1. The average Bonchev–Trinajstić information content (AvgIpc) is 2.90. The van der Waals surface area contributed by atoms with Gasteiger partial charge in [-0.1, -0.05) is 43.7 Å². The summed E-state index contributed by atoms with van der Waals surface area (Å²) in [6.07, 6.45) is 7.96. The maximum atomic E-state index is 13.7. The minimum atomic E-state index is -0.857. The van der Waals surface area contributed by atoms with E-state index >= 15 is 0 Å². The van der Waals surface area contributed by atoms with Crippen LogP contribution in [0.3, 0.4) is 0 Å². The third-order valence-electron chi connectivity index (χ3n) is 8.06. The third kappa shape index (κ3) is 8.03. The number of methoxy groups -OCH3 is 2. The van der Waals surface area contributed by atoms with E-state index in [0.29, 0.717) is 42.8 Å². The number of allylic oxidation sites excluding steroid dienone is 4. The molecule has 0 aromatic carbocycles. The molecule has 2 aliphatic heterocycles. The quantitative estimate of drug-likeness (QED) is 0.215. The maximum Gasteiger partial charge on any atom is 0.251 e. The highest BCUT2D eigenvalue weighted by Crippen LogP contribution is 2.32. The number of hydrogen-bond donors (Lipinski definition) is 4. The summed E-state index contributed by atoms with van der Waals surface area (Å²) in [7, 11) is 3.10. The Morgan fingerprint density at radius 1 is 1.17 bits per heavy atom. The number of ketones is 2. The number of Topliss-reactive ketones (excluding diaryl/α,β-unsaturated/α-hetero) is 1. The number of fused-ring (bicyclic) bond motifs is 2. The van der Waals surface area contributed by atoms with Gasteiger partial charge in [0.15, 0.2) is 5.11 Å². The largest absolute Gasteiger partial charge is 0.390 e. The van der Waals surface area contributed by atoms with Crippen molar-refractivity contribution in [2.45, 2.75) is 71.3 Å². The number of carbonyl (C=O) groups excluding carboxylic acids is 3. The smallest absolute Gasteiger partial charge is 0.251 e. The predicted molar refractivity (Wildman–Crippen MR) is 165 cm³/mol. The number of nitrogens with two attached hydrogens (primary N) is 1. The number of nitrogens with zero attached hydrogens (tertiary/aromatic N) is 1. The molecule has 1 saturated heterocycles. The lowest BCUT2D eigenvalue weighted by Gasteiger charge is -2.37. The number of carbonyl (C=O) groups is 3. The highest BCUT2D eigenvalue weighted by atomic mass is 32.1. The maximum absolute atomic E-state index is 13.7. The Bertz CT molecular complexity index is 1230. The Hall–Kier alpha value is -3.12. The van der Waals surface area contributed by atoms with Crippen LogP contribution in [0.15, 0.2) is 58.5 Å². The Balaban J connectivity index is 2.07. The molecule has 6 atom stereocenters. The van der Waals surface area contributed by atoms with Crippen molar-refractivity contribution < 1.29 is 29.0 Å². The number of likely N-dealkylation sites (tertiary alicyclic amines) is 1. The number of aliphatic hydroxyl groups excluding tert-OH is 1. The van der Waals surface area contributed by atoms with Crippen LogP contribution in [0.1, 0.15) is 47.0 Å². The highest BCUT2D eigenvalue weighted by molar-refractivity contribution is 7.80. The van der Waals surface area contributed by atoms with Crippen LogP contribution in [0.2, 0.25) is 0 Å². The standard InChI is InChI=1S/C31H44N4O6S/c1-17-13-21-27(35-11-8-12-35)23(36)16-22(29(21)38)33-30(39)18(2)9-7-10-24(40-5)26(34-31(32)42)19(3)15-20(4)28(37)25(14-17)41-6/h7,9-10,15-17,20,24-26,28,37H,8,11-14H2,1-6H3,(H,33,39)(H3,32,34,42)/b10-7+,18-9-,19-15+/t17-,20+,24+,25+,26+,28-/m1/s1. The number of hydrogen-bond acceptors (Lipinski definition) is 8. The molecule has 0 spiro atoms. The molecule has 230 valence electrons. The van der Waals surface area contributed by atoms with E-state index in [1.54, 1.807) is 39.4 Å². The van der Waals surface area contributed by atoms with E-state index < -0.39 is 30.3 Å². The first-order valence-electron chi connectivity index (χ1n) is 14.3. The molecule has 1 aliphatic carbocycles. The van der Waals surface area contributed by atoms with Gasteiger partial charge in [-0.2, -0.15) is 0 Å². The zero-order chi connectivity index (χ0) is 31.1. The summed E-state index contributed by atoms with van der Waals surface area (Å²) in [6, 6.07) is -0.442. The Kier molecular flexibility index (Phi) is 11.8. The Morgan fingerprint density at radius 2 is 1.86 bits per heavy atom. The molecule has 0 unspecified atom stereocenters. The zero-order valence-corrected chi connectivity index (χ0v) is 26.1. The highest BCUT2D eigenvalue weighted by Gasteiger charge is 2.36. The topological polar surface area (TPSA) is 143 Å². The summed E-state index contributed by atoms with van der Waals surface area (Å²) in [6.45, 7) is 8.79. The van der Waals surface area contributed by atoms with Crippen molar-refractivity contribution in [3.8, 4) is 0 Å². The van der Waals surface area contributed by atoms with Gasteiger partial charge >= 0.3 is 0 Å². The Morgan fingerprint density at radius 3 is 2.43 bits per heavy atom. The van der Waals surface area contributed by atoms with Gasteiger partial charge in [0.25, 0.3) is 5.91 Å². The minimum absolute atomic E-state index is 0.0432. The van der Waals surface area contributed by atoms with E-state index in [2.05, 4.69) is 10.6 Å². The van der Waals surface area contributed by atoms with Crippen molar-refractivity contribution in [2.24, 2.45) is 17.6 Å². The fraction of sp³-hybridized carbons (Fsp3) is 0.548. The predicted octanol–water partition coefficient (Wildman–Crippen LogP) is 2.21. The van der Waals surface area contributed by atoms with Crippen LogP contribution in [0, 0.1) is 11.8 Å². The molecule has 1 fully saturated rings. The van der Waals surface area contributed by atoms with Gasteiger partial charge in [0.05, 0.1) is 35.7 Å². The van der Waals surface area contributed by atoms with Gasteiger partial charge in [0.2, 0.25) is 11.6 Å². The van der Waals surface area contributed by atoms with Gasteiger partial charge < -0.3 is 35.8 Å². The summed E-state index contributed by atoms with van der Waals surface area (Å²) in [4.78, 5) is 41.9. The fourth-order valence-electron chi connectivity index (χ4n) is 5.55. The van der Waals surface area contributed by atoms with Gasteiger partial charge in [-0.15, -0.1) is 0 Å². The first-order chi connectivity index (χ1) is 19.9. The fourth-order valence-corrected chi connectivity index (χ4v) is 5.68. The number of aliphatic hydroxyl groups is 1. The third-order valence-corrected chi connectivity index (χ3v) is 8.18. The second-order valence-corrected chi connectivity index (χ2v) is 11.8. The van der Waals surface area contributed by atoms with Crippen LogP contribution < -0.4 is 16.4 Å². The van der Waals surface area contributed by atoms with E-state index in [4.69, 9.17) is 27.4 Å². The minimum Gasteiger partial charge on any atom is -0.390 e. The van der Waals surface area contributed by atoms with E-state index in [1.165, 1.54) is 6.08 Å². The molecule has 0 aromatic rings. The number of thiocarbonyl (C=S) groups is 1. The SMILES string of the molecule is CO[C@H]1/C=C/C=C(/C)C(=O)NC2=CC(=O)C(N3CCC3)=C(C[C@@H](C)C[C@H](OC)[C@H](O)[C@@H](C)/C=C(\C)[C@@H]1NC(N)=S)C2=O. The second-order valence-electron chi connectivity index (χ2n) is 11.4. The molecule has 1 amide bonds. The molecule has 3 aliphatic rings. The van der Waals surface area contributed by atoms with Crippen LogP contribution in [0.25, 0.3) is 0 Å². The zero-order valence-electron chi connectivity index (χ0n) is 25.3. The van der Waals surface area contributed by atoms with Crippen molar-refractivity contribution in [1.82, 2.24) is 15.5 Å². The van der Waals surface area contributed by atoms with Crippen LogP contribution in [-0.2, 0) is 23.9 Å². The summed E-state index contributed by atoms with van der Waals surface area (Å²) >= 11 is 5.12.